The standard InChI is InChI=1S/C16H30N2O2/c1-13(19)10-12-18(3)14(2)16(20)17-11-9-15-7-5-4-6-8-15/h7,13-14,19H,4-6,8-12H2,1-3H3,(H,17,20). The molecule has 2 unspecified atom stereocenters. The molecule has 1 aliphatic rings. The van der Waals surface area contributed by atoms with Gasteiger partial charge in [0, 0.05) is 13.1 Å². The number of carbonyl (C=O) groups is 1. The molecule has 20 heavy (non-hydrogen) atoms. The fourth-order valence-electron chi connectivity index (χ4n) is 2.41. The molecule has 1 rings (SSSR count). The van der Waals surface area contributed by atoms with Crippen LogP contribution in [0.25, 0.3) is 0 Å². The van der Waals surface area contributed by atoms with Crippen LogP contribution >= 0.6 is 0 Å². The Labute approximate surface area is 123 Å². The molecule has 0 radical (unpaired) electrons. The zero-order valence-electron chi connectivity index (χ0n) is 13.2. The van der Waals surface area contributed by atoms with Crippen LogP contribution < -0.4 is 5.32 Å². The highest BCUT2D eigenvalue weighted by molar-refractivity contribution is 5.81. The van der Waals surface area contributed by atoms with Crippen molar-refractivity contribution in [3.8, 4) is 0 Å². The van der Waals surface area contributed by atoms with Crippen molar-refractivity contribution in [3.63, 3.8) is 0 Å². The summed E-state index contributed by atoms with van der Waals surface area (Å²) in [6.45, 7) is 5.16. The normalized spacial score (nSPS) is 18.6. The van der Waals surface area contributed by atoms with Crippen LogP contribution in [-0.4, -0.2) is 48.2 Å². The number of nitrogens with zero attached hydrogens (tertiary/aromatic N) is 1. The van der Waals surface area contributed by atoms with Gasteiger partial charge in [-0.25, -0.2) is 0 Å². The Balaban J connectivity index is 2.21. The quantitative estimate of drug-likeness (QED) is 0.670. The Morgan fingerprint density at radius 3 is 2.80 bits per heavy atom. The van der Waals surface area contributed by atoms with Crippen LogP contribution in [-0.2, 0) is 4.79 Å². The smallest absolute Gasteiger partial charge is 0.237 e. The van der Waals surface area contributed by atoms with Crippen LogP contribution in [0.2, 0.25) is 0 Å². The fraction of sp³-hybridized carbons (Fsp3) is 0.812. The van der Waals surface area contributed by atoms with E-state index < -0.39 is 0 Å². The number of hydrogen-bond acceptors (Lipinski definition) is 3. The van der Waals surface area contributed by atoms with Gasteiger partial charge in [0.15, 0.2) is 0 Å². The zero-order valence-corrected chi connectivity index (χ0v) is 13.2. The summed E-state index contributed by atoms with van der Waals surface area (Å²) in [5, 5.41) is 12.3. The number of carbonyl (C=O) groups excluding carboxylic acids is 1. The maximum absolute atomic E-state index is 12.0. The van der Waals surface area contributed by atoms with Crippen molar-refractivity contribution < 1.29 is 9.90 Å². The monoisotopic (exact) mass is 282 g/mol. The first-order valence-corrected chi connectivity index (χ1v) is 7.84. The number of allylic oxidation sites excluding steroid dienone is 1. The molecular weight excluding hydrogens is 252 g/mol. The first-order valence-electron chi connectivity index (χ1n) is 7.84. The molecule has 2 N–H and O–H groups in total. The van der Waals surface area contributed by atoms with Crippen molar-refractivity contribution in [3.05, 3.63) is 11.6 Å². The summed E-state index contributed by atoms with van der Waals surface area (Å²) in [7, 11) is 1.93. The summed E-state index contributed by atoms with van der Waals surface area (Å²) in [4.78, 5) is 14.0. The highest BCUT2D eigenvalue weighted by Crippen LogP contribution is 2.19. The van der Waals surface area contributed by atoms with Gasteiger partial charge in [-0.15, -0.1) is 0 Å². The Hall–Kier alpha value is -0.870. The molecule has 1 aliphatic carbocycles. The summed E-state index contributed by atoms with van der Waals surface area (Å²) in [5.74, 6) is 0.0782. The van der Waals surface area contributed by atoms with E-state index in [1.165, 1.54) is 31.3 Å². The van der Waals surface area contributed by atoms with E-state index in [4.69, 9.17) is 0 Å². The molecule has 116 valence electrons. The van der Waals surface area contributed by atoms with E-state index in [1.54, 1.807) is 6.92 Å². The van der Waals surface area contributed by atoms with E-state index in [-0.39, 0.29) is 18.1 Å². The summed E-state index contributed by atoms with van der Waals surface area (Å²) >= 11 is 0. The highest BCUT2D eigenvalue weighted by atomic mass is 16.3. The molecule has 4 nitrogen and oxygen atoms in total. The van der Waals surface area contributed by atoms with Crippen molar-refractivity contribution in [2.45, 2.75) is 64.5 Å². The van der Waals surface area contributed by atoms with Gasteiger partial charge in [-0.05, 0) is 59.4 Å². The lowest BCUT2D eigenvalue weighted by Crippen LogP contribution is -2.44. The second-order valence-corrected chi connectivity index (χ2v) is 5.94. The SMILES string of the molecule is CC(O)CCN(C)C(C)C(=O)NCCC1=CCCCC1. The molecule has 0 bridgehead atoms. The van der Waals surface area contributed by atoms with Crippen molar-refractivity contribution >= 4 is 5.91 Å². The van der Waals surface area contributed by atoms with Crippen LogP contribution in [0.5, 0.6) is 0 Å². The molecule has 0 aliphatic heterocycles. The molecule has 0 aromatic carbocycles. The predicted molar refractivity (Wildman–Crippen MR) is 82.6 cm³/mol. The van der Waals surface area contributed by atoms with Crippen LogP contribution in [0.15, 0.2) is 11.6 Å². The Kier molecular flexibility index (Phi) is 7.85. The lowest BCUT2D eigenvalue weighted by atomic mass is 9.97. The number of likely N-dealkylation sites (N-methyl/N-ethyl adjacent to an activating group) is 1. The molecule has 0 fully saturated rings. The van der Waals surface area contributed by atoms with Crippen LogP contribution in [0, 0.1) is 0 Å². The lowest BCUT2D eigenvalue weighted by Gasteiger charge is -2.24. The van der Waals surface area contributed by atoms with E-state index in [1.807, 2.05) is 18.9 Å². The maximum Gasteiger partial charge on any atom is 0.237 e. The minimum Gasteiger partial charge on any atom is -0.393 e. The van der Waals surface area contributed by atoms with Gasteiger partial charge >= 0.3 is 0 Å². The molecule has 2 atom stereocenters. The van der Waals surface area contributed by atoms with Crippen molar-refractivity contribution in [2.24, 2.45) is 0 Å². The summed E-state index contributed by atoms with van der Waals surface area (Å²) in [6, 6.07) is -0.144. The molecule has 0 saturated carbocycles. The van der Waals surface area contributed by atoms with Crippen molar-refractivity contribution in [1.82, 2.24) is 10.2 Å². The Bertz CT molecular complexity index is 326. The number of hydrogen-bond donors (Lipinski definition) is 2. The van der Waals surface area contributed by atoms with Crippen LogP contribution in [0.3, 0.4) is 0 Å². The van der Waals surface area contributed by atoms with Gasteiger partial charge in [0.1, 0.15) is 0 Å². The van der Waals surface area contributed by atoms with Gasteiger partial charge in [0.25, 0.3) is 0 Å². The Morgan fingerprint density at radius 2 is 2.20 bits per heavy atom. The van der Waals surface area contributed by atoms with E-state index in [9.17, 15) is 9.90 Å². The number of amides is 1. The molecule has 0 aromatic rings. The molecular formula is C16H30N2O2. The van der Waals surface area contributed by atoms with Crippen molar-refractivity contribution in [1.29, 1.82) is 0 Å². The average Bonchev–Trinajstić information content (AvgIpc) is 2.44. The third kappa shape index (κ3) is 6.53. The zero-order chi connectivity index (χ0) is 15.0. The third-order valence-corrected chi connectivity index (χ3v) is 4.07. The van der Waals surface area contributed by atoms with E-state index in [2.05, 4.69) is 11.4 Å². The molecule has 0 heterocycles. The molecule has 0 aromatic heterocycles. The van der Waals surface area contributed by atoms with Gasteiger partial charge in [0.2, 0.25) is 5.91 Å². The first kappa shape index (κ1) is 17.2. The lowest BCUT2D eigenvalue weighted by molar-refractivity contribution is -0.125. The van der Waals surface area contributed by atoms with Gasteiger partial charge in [-0.1, -0.05) is 11.6 Å². The summed E-state index contributed by atoms with van der Waals surface area (Å²) in [5.41, 5.74) is 1.49. The van der Waals surface area contributed by atoms with E-state index in [0.29, 0.717) is 6.42 Å². The topological polar surface area (TPSA) is 52.6 Å². The van der Waals surface area contributed by atoms with E-state index in [0.717, 1.165) is 19.5 Å². The second-order valence-electron chi connectivity index (χ2n) is 5.94. The molecule has 1 amide bonds. The van der Waals surface area contributed by atoms with Crippen molar-refractivity contribution in [2.75, 3.05) is 20.1 Å². The second kappa shape index (κ2) is 9.14. The number of aliphatic hydroxyl groups is 1. The molecule has 0 saturated heterocycles. The van der Waals surface area contributed by atoms with Crippen LogP contribution in [0.4, 0.5) is 0 Å². The first-order chi connectivity index (χ1) is 9.50. The largest absolute Gasteiger partial charge is 0.393 e. The minimum absolute atomic E-state index is 0.0782. The highest BCUT2D eigenvalue weighted by Gasteiger charge is 2.17. The Morgan fingerprint density at radius 1 is 1.45 bits per heavy atom. The number of aliphatic hydroxyl groups excluding tert-OH is 1. The summed E-state index contributed by atoms with van der Waals surface area (Å²) < 4.78 is 0. The summed E-state index contributed by atoms with van der Waals surface area (Å²) in [6.07, 6.45) is 8.68. The van der Waals surface area contributed by atoms with Gasteiger partial charge in [0.05, 0.1) is 12.1 Å². The van der Waals surface area contributed by atoms with Gasteiger partial charge < -0.3 is 10.4 Å². The average molecular weight is 282 g/mol. The predicted octanol–water partition coefficient (Wildman–Crippen LogP) is 2.08. The third-order valence-electron chi connectivity index (χ3n) is 4.07. The number of nitrogens with one attached hydrogen (secondary N) is 1. The van der Waals surface area contributed by atoms with E-state index >= 15 is 0 Å². The number of rotatable bonds is 8. The molecule has 0 spiro atoms. The van der Waals surface area contributed by atoms with Crippen LogP contribution in [0.1, 0.15) is 52.4 Å². The fourth-order valence-corrected chi connectivity index (χ4v) is 2.41. The minimum atomic E-state index is -0.314. The van der Waals surface area contributed by atoms with Gasteiger partial charge in [-0.3, -0.25) is 9.69 Å². The molecule has 4 heteroatoms. The van der Waals surface area contributed by atoms with Gasteiger partial charge in [-0.2, -0.15) is 0 Å². The maximum atomic E-state index is 12.0.